The minimum absolute atomic E-state index is 0.0831. The third-order valence-electron chi connectivity index (χ3n) is 7.65. The van der Waals surface area contributed by atoms with Gasteiger partial charge in [0.1, 0.15) is 0 Å². The number of hydrogen-bond donors (Lipinski definition) is 0. The Morgan fingerprint density at radius 3 is 0.895 bits per heavy atom. The van der Waals surface area contributed by atoms with Gasteiger partial charge in [-0.1, -0.05) is 153 Å². The number of halogens is 2. The Morgan fingerprint density at radius 1 is 0.342 bits per heavy atom. The Hall–Kier alpha value is -3.46. The standard InChI is InChI=1S/C36H24Br2/c37-35(33-29-13-5-1-9-25(29)21-26-10-2-6-14-30(26)33)23-17-19-24(20-18-23)36(38)34-31-15-7-3-11-27(31)22-28-12-4-8-16-32(28)34/h1-22,35-36H. The van der Waals surface area contributed by atoms with Gasteiger partial charge in [-0.15, -0.1) is 0 Å². The highest BCUT2D eigenvalue weighted by molar-refractivity contribution is 9.09. The summed E-state index contributed by atoms with van der Waals surface area (Å²) in [7, 11) is 0. The topological polar surface area (TPSA) is 0 Å². The molecule has 7 rings (SSSR count). The molecule has 182 valence electrons. The Bertz CT molecular complexity index is 1700. The highest BCUT2D eigenvalue weighted by atomic mass is 79.9. The monoisotopic (exact) mass is 614 g/mol. The van der Waals surface area contributed by atoms with Crippen molar-refractivity contribution in [1.82, 2.24) is 0 Å². The highest BCUT2D eigenvalue weighted by Gasteiger charge is 2.20. The summed E-state index contributed by atoms with van der Waals surface area (Å²) in [6.07, 6.45) is 0. The molecule has 0 aliphatic heterocycles. The highest BCUT2D eigenvalue weighted by Crippen LogP contribution is 2.43. The molecule has 0 heterocycles. The van der Waals surface area contributed by atoms with Gasteiger partial charge in [-0.05, 0) is 77.5 Å². The summed E-state index contributed by atoms with van der Waals surface area (Å²) in [6, 6.07) is 48.4. The second-order valence-corrected chi connectivity index (χ2v) is 11.7. The summed E-state index contributed by atoms with van der Waals surface area (Å²) in [5.74, 6) is 0. The van der Waals surface area contributed by atoms with Crippen LogP contribution in [0, 0.1) is 0 Å². The molecular formula is C36H24Br2. The molecule has 0 spiro atoms. The maximum atomic E-state index is 4.10. The minimum atomic E-state index is 0.0831. The second kappa shape index (κ2) is 9.69. The predicted octanol–water partition coefficient (Wildman–Crippen LogP) is 11.3. The molecule has 2 unspecified atom stereocenters. The summed E-state index contributed by atoms with van der Waals surface area (Å²) >= 11 is 8.19. The van der Waals surface area contributed by atoms with Gasteiger partial charge in [0.15, 0.2) is 0 Å². The fraction of sp³-hybridized carbons (Fsp3) is 0.0556. The number of hydrogen-bond acceptors (Lipinski definition) is 0. The van der Waals surface area contributed by atoms with Gasteiger partial charge in [0.25, 0.3) is 0 Å². The van der Waals surface area contributed by atoms with Crippen molar-refractivity contribution in [3.8, 4) is 0 Å². The number of benzene rings is 7. The van der Waals surface area contributed by atoms with Crippen molar-refractivity contribution in [2.75, 3.05) is 0 Å². The van der Waals surface area contributed by atoms with Crippen LogP contribution in [0.4, 0.5) is 0 Å². The van der Waals surface area contributed by atoms with Gasteiger partial charge in [-0.2, -0.15) is 0 Å². The molecule has 2 heteroatoms. The van der Waals surface area contributed by atoms with Gasteiger partial charge >= 0.3 is 0 Å². The van der Waals surface area contributed by atoms with E-state index in [0.717, 1.165) is 0 Å². The molecular weight excluding hydrogens is 592 g/mol. The van der Waals surface area contributed by atoms with E-state index in [1.165, 1.54) is 65.3 Å². The zero-order chi connectivity index (χ0) is 25.6. The Balaban J connectivity index is 1.33. The van der Waals surface area contributed by atoms with E-state index < -0.39 is 0 Å². The van der Waals surface area contributed by atoms with Crippen molar-refractivity contribution in [1.29, 1.82) is 0 Å². The molecule has 2 atom stereocenters. The summed E-state index contributed by atoms with van der Waals surface area (Å²) in [4.78, 5) is 0.166. The van der Waals surface area contributed by atoms with Crippen molar-refractivity contribution >= 4 is 74.9 Å². The van der Waals surface area contributed by atoms with E-state index in [4.69, 9.17) is 0 Å². The molecule has 0 aromatic heterocycles. The van der Waals surface area contributed by atoms with Crippen LogP contribution in [0.3, 0.4) is 0 Å². The first-order valence-corrected chi connectivity index (χ1v) is 14.7. The average Bonchev–Trinajstić information content (AvgIpc) is 2.98. The predicted molar refractivity (Wildman–Crippen MR) is 171 cm³/mol. The van der Waals surface area contributed by atoms with Gasteiger partial charge in [0.2, 0.25) is 0 Å². The van der Waals surface area contributed by atoms with E-state index in [2.05, 4.69) is 165 Å². The van der Waals surface area contributed by atoms with Gasteiger partial charge < -0.3 is 0 Å². The lowest BCUT2D eigenvalue weighted by atomic mass is 9.90. The third-order valence-corrected chi connectivity index (χ3v) is 9.63. The van der Waals surface area contributed by atoms with Crippen LogP contribution >= 0.6 is 31.9 Å². The maximum absolute atomic E-state index is 4.10. The first-order chi connectivity index (χ1) is 18.7. The van der Waals surface area contributed by atoms with Crippen LogP contribution in [0.15, 0.2) is 133 Å². The van der Waals surface area contributed by atoms with Gasteiger partial charge in [0, 0.05) is 0 Å². The minimum Gasteiger partial charge on any atom is -0.0786 e. The van der Waals surface area contributed by atoms with E-state index in [0.29, 0.717) is 0 Å². The molecule has 0 N–H and O–H groups in total. The molecule has 0 aliphatic rings. The van der Waals surface area contributed by atoms with Crippen LogP contribution in [0.5, 0.6) is 0 Å². The second-order valence-electron chi connectivity index (χ2n) is 9.86. The molecule has 7 aromatic rings. The van der Waals surface area contributed by atoms with E-state index in [-0.39, 0.29) is 9.65 Å². The fourth-order valence-corrected chi connectivity index (χ4v) is 7.41. The SMILES string of the molecule is BrC(c1ccc(C(Br)c2c3ccccc3cc3ccccc23)cc1)c1c2ccccc2cc2ccccc12. The van der Waals surface area contributed by atoms with Crippen LogP contribution in [0.2, 0.25) is 0 Å². The van der Waals surface area contributed by atoms with E-state index in [1.807, 2.05) is 0 Å². The van der Waals surface area contributed by atoms with Crippen LogP contribution < -0.4 is 0 Å². The molecule has 0 fully saturated rings. The van der Waals surface area contributed by atoms with Gasteiger partial charge in [0.05, 0.1) is 9.65 Å². The fourth-order valence-electron chi connectivity index (χ4n) is 5.81. The first-order valence-electron chi connectivity index (χ1n) is 12.9. The summed E-state index contributed by atoms with van der Waals surface area (Å²) in [6.45, 7) is 0. The zero-order valence-electron chi connectivity index (χ0n) is 20.6. The molecule has 38 heavy (non-hydrogen) atoms. The number of alkyl halides is 2. The maximum Gasteiger partial charge on any atom is 0.0656 e. The van der Waals surface area contributed by atoms with Crippen LogP contribution in [0.25, 0.3) is 43.1 Å². The summed E-state index contributed by atoms with van der Waals surface area (Å²) < 4.78 is 0. The Kier molecular flexibility index (Phi) is 6.03. The summed E-state index contributed by atoms with van der Waals surface area (Å²) in [5.41, 5.74) is 5.14. The van der Waals surface area contributed by atoms with Crippen molar-refractivity contribution in [2.24, 2.45) is 0 Å². The lowest BCUT2D eigenvalue weighted by molar-refractivity contribution is 1.17. The normalized spacial score (nSPS) is 13.3. The molecule has 0 aliphatic carbocycles. The van der Waals surface area contributed by atoms with Crippen LogP contribution in [0.1, 0.15) is 31.9 Å². The number of fused-ring (bicyclic) bond motifs is 4. The van der Waals surface area contributed by atoms with Crippen molar-refractivity contribution in [3.63, 3.8) is 0 Å². The lowest BCUT2D eigenvalue weighted by Crippen LogP contribution is -1.99. The first kappa shape index (κ1) is 23.6. The van der Waals surface area contributed by atoms with Crippen molar-refractivity contribution in [2.45, 2.75) is 9.65 Å². The molecule has 0 saturated heterocycles. The van der Waals surface area contributed by atoms with E-state index in [1.54, 1.807) is 0 Å². The molecule has 0 bridgehead atoms. The quantitative estimate of drug-likeness (QED) is 0.136. The average molecular weight is 616 g/mol. The molecule has 0 amide bonds. The molecule has 0 nitrogen and oxygen atoms in total. The zero-order valence-corrected chi connectivity index (χ0v) is 23.8. The van der Waals surface area contributed by atoms with Gasteiger partial charge in [-0.3, -0.25) is 0 Å². The molecule has 0 saturated carbocycles. The number of rotatable bonds is 4. The van der Waals surface area contributed by atoms with Crippen molar-refractivity contribution < 1.29 is 0 Å². The third kappa shape index (κ3) is 3.95. The van der Waals surface area contributed by atoms with E-state index >= 15 is 0 Å². The van der Waals surface area contributed by atoms with E-state index in [9.17, 15) is 0 Å². The molecule has 7 aromatic carbocycles. The smallest absolute Gasteiger partial charge is 0.0656 e. The Morgan fingerprint density at radius 2 is 0.605 bits per heavy atom. The largest absolute Gasteiger partial charge is 0.0786 e. The van der Waals surface area contributed by atoms with Crippen molar-refractivity contribution in [3.05, 3.63) is 156 Å². The summed E-state index contributed by atoms with van der Waals surface area (Å²) in [5, 5.41) is 10.2. The van der Waals surface area contributed by atoms with Gasteiger partial charge in [-0.25, -0.2) is 0 Å². The van der Waals surface area contributed by atoms with Crippen LogP contribution in [-0.4, -0.2) is 0 Å². The molecule has 0 radical (unpaired) electrons. The lowest BCUT2D eigenvalue weighted by Gasteiger charge is -2.20. The Labute approximate surface area is 239 Å². The van der Waals surface area contributed by atoms with Crippen LogP contribution in [-0.2, 0) is 0 Å².